The number of hydrogen-bond acceptors (Lipinski definition) is 5. The van der Waals surface area contributed by atoms with Crippen LogP contribution >= 0.6 is 11.8 Å². The minimum atomic E-state index is -0.698. The molecule has 0 spiro atoms. The molecule has 2 saturated carbocycles. The molecule has 2 aliphatic carbocycles. The molecule has 3 N–H and O–H groups in total. The average Bonchev–Trinajstić information content (AvgIpc) is 3.00. The molecule has 1 aromatic heterocycles. The molecule has 1 heterocycles. The molecule has 7 heteroatoms. The predicted molar refractivity (Wildman–Crippen MR) is 80.3 cm³/mol. The standard InChI is InChI=1S/C14H22N4O2S/c1-9-15-13(18-17-9)21-8-6-10-3-2-7-14(10,12(19)20)16-11-4-5-11/h10-11,16H,2-8H2,1H3,(H,19,20)(H,15,17,18). The fraction of sp³-hybridized carbons (Fsp3) is 0.786. The second kappa shape index (κ2) is 5.96. The minimum Gasteiger partial charge on any atom is -0.480 e. The third kappa shape index (κ3) is 3.23. The van der Waals surface area contributed by atoms with E-state index in [1.165, 1.54) is 0 Å². The number of aliphatic carboxylic acids is 1. The van der Waals surface area contributed by atoms with Crippen molar-refractivity contribution in [2.45, 2.75) is 62.2 Å². The second-order valence-corrected chi connectivity index (χ2v) is 7.19. The van der Waals surface area contributed by atoms with Gasteiger partial charge < -0.3 is 5.11 Å². The number of carboxylic acids is 1. The van der Waals surface area contributed by atoms with Gasteiger partial charge in [-0.15, -0.1) is 5.10 Å². The third-order valence-electron chi connectivity index (χ3n) is 4.52. The Kier molecular flexibility index (Phi) is 4.21. The van der Waals surface area contributed by atoms with E-state index in [4.69, 9.17) is 0 Å². The van der Waals surface area contributed by atoms with Gasteiger partial charge in [-0.2, -0.15) is 0 Å². The molecule has 0 aliphatic heterocycles. The molecular formula is C14H22N4O2S. The summed E-state index contributed by atoms with van der Waals surface area (Å²) in [7, 11) is 0. The molecule has 0 radical (unpaired) electrons. The number of hydrogen-bond donors (Lipinski definition) is 3. The molecule has 0 amide bonds. The summed E-state index contributed by atoms with van der Waals surface area (Å²) in [4.78, 5) is 16.1. The highest BCUT2D eigenvalue weighted by atomic mass is 32.2. The highest BCUT2D eigenvalue weighted by molar-refractivity contribution is 7.99. The van der Waals surface area contributed by atoms with Gasteiger partial charge in [0.1, 0.15) is 11.4 Å². The Labute approximate surface area is 128 Å². The monoisotopic (exact) mass is 310 g/mol. The van der Waals surface area contributed by atoms with Crippen molar-refractivity contribution in [3.8, 4) is 0 Å². The SMILES string of the molecule is Cc1nc(SCCC2CCCC2(NC2CC2)C(=O)O)n[nH]1. The molecule has 116 valence electrons. The van der Waals surface area contributed by atoms with Gasteiger partial charge >= 0.3 is 5.97 Å². The number of nitrogens with one attached hydrogen (secondary N) is 2. The molecule has 2 aliphatic rings. The Morgan fingerprint density at radius 2 is 2.33 bits per heavy atom. The van der Waals surface area contributed by atoms with E-state index in [1.54, 1.807) is 11.8 Å². The zero-order chi connectivity index (χ0) is 14.9. The van der Waals surface area contributed by atoms with Crippen LogP contribution in [-0.4, -0.2) is 43.6 Å². The van der Waals surface area contributed by atoms with E-state index >= 15 is 0 Å². The summed E-state index contributed by atoms with van der Waals surface area (Å²) >= 11 is 1.60. The number of aromatic nitrogens is 3. The van der Waals surface area contributed by atoms with E-state index in [-0.39, 0.29) is 5.92 Å². The van der Waals surface area contributed by atoms with Crippen LogP contribution in [0, 0.1) is 12.8 Å². The Hall–Kier alpha value is -1.08. The van der Waals surface area contributed by atoms with Gasteiger partial charge in [0.15, 0.2) is 0 Å². The van der Waals surface area contributed by atoms with Gasteiger partial charge in [-0.1, -0.05) is 18.2 Å². The lowest BCUT2D eigenvalue weighted by Gasteiger charge is -2.32. The summed E-state index contributed by atoms with van der Waals surface area (Å²) < 4.78 is 0. The highest BCUT2D eigenvalue weighted by Gasteiger charge is 2.50. The van der Waals surface area contributed by atoms with Crippen LogP contribution in [0.3, 0.4) is 0 Å². The molecule has 1 aromatic rings. The lowest BCUT2D eigenvalue weighted by Crippen LogP contribution is -2.55. The summed E-state index contributed by atoms with van der Waals surface area (Å²) in [5.41, 5.74) is -0.698. The molecule has 2 fully saturated rings. The van der Waals surface area contributed by atoms with Crippen LogP contribution in [0.2, 0.25) is 0 Å². The van der Waals surface area contributed by atoms with E-state index in [1.807, 2.05) is 6.92 Å². The lowest BCUT2D eigenvalue weighted by atomic mass is 9.85. The smallest absolute Gasteiger partial charge is 0.324 e. The summed E-state index contributed by atoms with van der Waals surface area (Å²) in [6, 6.07) is 0.421. The van der Waals surface area contributed by atoms with E-state index in [2.05, 4.69) is 20.5 Å². The van der Waals surface area contributed by atoms with Crippen molar-refractivity contribution < 1.29 is 9.90 Å². The van der Waals surface area contributed by atoms with Gasteiger partial charge in [-0.25, -0.2) is 4.98 Å². The summed E-state index contributed by atoms with van der Waals surface area (Å²) in [6.07, 6.45) is 5.89. The molecule has 0 aromatic carbocycles. The van der Waals surface area contributed by atoms with E-state index in [0.29, 0.717) is 6.04 Å². The van der Waals surface area contributed by atoms with Crippen molar-refractivity contribution in [3.63, 3.8) is 0 Å². The first-order valence-corrected chi connectivity index (χ1v) is 8.61. The normalized spacial score (nSPS) is 28.9. The Balaban J connectivity index is 1.58. The summed E-state index contributed by atoms with van der Waals surface area (Å²) in [6.45, 7) is 1.88. The number of nitrogens with zero attached hydrogens (tertiary/aromatic N) is 2. The van der Waals surface area contributed by atoms with Crippen molar-refractivity contribution in [2.75, 3.05) is 5.75 Å². The van der Waals surface area contributed by atoms with Crippen LogP contribution in [0.5, 0.6) is 0 Å². The number of H-pyrrole nitrogens is 1. The molecule has 2 atom stereocenters. The maximum atomic E-state index is 11.8. The molecule has 0 saturated heterocycles. The second-order valence-electron chi connectivity index (χ2n) is 6.12. The molecule has 3 rings (SSSR count). The lowest BCUT2D eigenvalue weighted by molar-refractivity contribution is -0.146. The van der Waals surface area contributed by atoms with E-state index < -0.39 is 11.5 Å². The maximum absolute atomic E-state index is 11.8. The van der Waals surface area contributed by atoms with E-state index in [0.717, 1.165) is 55.3 Å². The number of carboxylic acid groups (broad SMARTS) is 1. The summed E-state index contributed by atoms with van der Waals surface area (Å²) in [5, 5.41) is 20.8. The number of rotatable bonds is 7. The largest absolute Gasteiger partial charge is 0.480 e. The van der Waals surface area contributed by atoms with Crippen molar-refractivity contribution in [1.29, 1.82) is 0 Å². The van der Waals surface area contributed by atoms with Crippen LogP contribution in [-0.2, 0) is 4.79 Å². The Morgan fingerprint density at radius 1 is 1.52 bits per heavy atom. The number of aromatic amines is 1. The predicted octanol–water partition coefficient (Wildman–Crippen LogP) is 1.97. The van der Waals surface area contributed by atoms with Gasteiger partial charge in [0.25, 0.3) is 0 Å². The van der Waals surface area contributed by atoms with Crippen molar-refractivity contribution in [2.24, 2.45) is 5.92 Å². The maximum Gasteiger partial charge on any atom is 0.324 e. The molecular weight excluding hydrogens is 288 g/mol. The van der Waals surface area contributed by atoms with Crippen molar-refractivity contribution in [1.82, 2.24) is 20.5 Å². The van der Waals surface area contributed by atoms with Crippen LogP contribution in [0.15, 0.2) is 5.16 Å². The average molecular weight is 310 g/mol. The van der Waals surface area contributed by atoms with Crippen LogP contribution in [0.4, 0.5) is 0 Å². The first-order valence-electron chi connectivity index (χ1n) is 7.63. The van der Waals surface area contributed by atoms with Gasteiger partial charge in [0, 0.05) is 11.8 Å². The fourth-order valence-corrected chi connectivity index (χ4v) is 4.17. The topological polar surface area (TPSA) is 90.9 Å². The van der Waals surface area contributed by atoms with Gasteiger partial charge in [-0.3, -0.25) is 15.2 Å². The molecule has 21 heavy (non-hydrogen) atoms. The van der Waals surface area contributed by atoms with Crippen LogP contribution < -0.4 is 5.32 Å². The fourth-order valence-electron chi connectivity index (χ4n) is 3.27. The molecule has 0 bridgehead atoms. The van der Waals surface area contributed by atoms with E-state index in [9.17, 15) is 9.90 Å². The van der Waals surface area contributed by atoms with Gasteiger partial charge in [-0.05, 0) is 44.9 Å². The number of carbonyl (C=O) groups is 1. The first-order chi connectivity index (χ1) is 10.1. The van der Waals surface area contributed by atoms with Crippen molar-refractivity contribution >= 4 is 17.7 Å². The van der Waals surface area contributed by atoms with Crippen molar-refractivity contribution in [3.05, 3.63) is 5.82 Å². The van der Waals surface area contributed by atoms with Crippen LogP contribution in [0.1, 0.15) is 44.3 Å². The molecule has 2 unspecified atom stereocenters. The third-order valence-corrected chi connectivity index (χ3v) is 5.40. The van der Waals surface area contributed by atoms with Crippen LogP contribution in [0.25, 0.3) is 0 Å². The minimum absolute atomic E-state index is 0.211. The summed E-state index contributed by atoms with van der Waals surface area (Å²) in [5.74, 6) is 1.22. The van der Waals surface area contributed by atoms with Gasteiger partial charge in [0.05, 0.1) is 0 Å². The number of thioether (sulfide) groups is 1. The number of aryl methyl sites for hydroxylation is 1. The van der Waals surface area contributed by atoms with Gasteiger partial charge in [0.2, 0.25) is 5.16 Å². The molecule has 6 nitrogen and oxygen atoms in total. The Morgan fingerprint density at radius 3 is 2.95 bits per heavy atom. The zero-order valence-electron chi connectivity index (χ0n) is 12.3. The first kappa shape index (κ1) is 14.8. The zero-order valence-corrected chi connectivity index (χ0v) is 13.1. The quantitative estimate of drug-likeness (QED) is 0.667. The highest BCUT2D eigenvalue weighted by Crippen LogP contribution is 2.41. The Bertz CT molecular complexity index is 517.